The SMILES string of the molecule is O=c1[nH]c2ccc(-c3cccc4c3oc3ccccc34)cc2c2c3ccccc3n(-c3ccc4c(c3)c3ccccc3n4-c3ccccc3)c12. The van der Waals surface area contributed by atoms with Crippen LogP contribution in [-0.4, -0.2) is 14.1 Å². The van der Waals surface area contributed by atoms with E-state index in [9.17, 15) is 4.79 Å². The summed E-state index contributed by atoms with van der Waals surface area (Å²) in [7, 11) is 0. The fourth-order valence-corrected chi connectivity index (χ4v) is 8.13. The summed E-state index contributed by atoms with van der Waals surface area (Å²) in [5.41, 5.74) is 10.4. The number of nitrogens with zero attached hydrogens (tertiary/aromatic N) is 2. The summed E-state index contributed by atoms with van der Waals surface area (Å²) in [5, 5.41) is 7.44. The topological polar surface area (TPSA) is 55.9 Å². The number of hydrogen-bond donors (Lipinski definition) is 1. The maximum atomic E-state index is 14.2. The second-order valence-electron chi connectivity index (χ2n) is 13.0. The summed E-state index contributed by atoms with van der Waals surface area (Å²) in [4.78, 5) is 17.4. The van der Waals surface area contributed by atoms with Gasteiger partial charge in [-0.1, -0.05) is 97.1 Å². The fourth-order valence-electron chi connectivity index (χ4n) is 8.13. The second kappa shape index (κ2) is 10.1. The van der Waals surface area contributed by atoms with Gasteiger partial charge in [-0.3, -0.25) is 4.79 Å². The molecule has 234 valence electrons. The largest absolute Gasteiger partial charge is 0.455 e. The number of nitrogens with one attached hydrogen (secondary N) is 1. The number of para-hydroxylation sites is 5. The molecule has 7 aromatic carbocycles. The summed E-state index contributed by atoms with van der Waals surface area (Å²) in [6.45, 7) is 0. The van der Waals surface area contributed by atoms with Gasteiger partial charge < -0.3 is 18.5 Å². The van der Waals surface area contributed by atoms with Gasteiger partial charge in [-0.15, -0.1) is 0 Å². The first-order valence-corrected chi connectivity index (χ1v) is 16.8. The first-order chi connectivity index (χ1) is 24.7. The van der Waals surface area contributed by atoms with E-state index < -0.39 is 0 Å². The van der Waals surface area contributed by atoms with Crippen molar-refractivity contribution in [2.75, 3.05) is 0 Å². The molecule has 0 aliphatic heterocycles. The number of aromatic amines is 1. The molecule has 0 aliphatic rings. The van der Waals surface area contributed by atoms with Crippen LogP contribution in [0.2, 0.25) is 0 Å². The Bertz CT molecular complexity index is 3230. The molecule has 4 heterocycles. The molecule has 0 atom stereocenters. The minimum Gasteiger partial charge on any atom is -0.455 e. The van der Waals surface area contributed by atoms with Gasteiger partial charge in [0.25, 0.3) is 5.56 Å². The van der Waals surface area contributed by atoms with Crippen LogP contribution >= 0.6 is 0 Å². The minimum absolute atomic E-state index is 0.123. The van der Waals surface area contributed by atoms with Crippen molar-refractivity contribution in [1.29, 1.82) is 0 Å². The van der Waals surface area contributed by atoms with Crippen molar-refractivity contribution in [3.05, 3.63) is 168 Å². The van der Waals surface area contributed by atoms with Crippen LogP contribution in [-0.2, 0) is 0 Å². The Morgan fingerprint density at radius 1 is 0.480 bits per heavy atom. The van der Waals surface area contributed by atoms with Gasteiger partial charge in [-0.25, -0.2) is 0 Å². The Morgan fingerprint density at radius 2 is 1.18 bits per heavy atom. The molecular weight excluding hydrogens is 615 g/mol. The number of aromatic nitrogens is 3. The summed E-state index contributed by atoms with van der Waals surface area (Å²) >= 11 is 0. The third-order valence-corrected chi connectivity index (χ3v) is 10.3. The van der Waals surface area contributed by atoms with E-state index >= 15 is 0 Å². The zero-order valence-electron chi connectivity index (χ0n) is 26.7. The molecule has 0 amide bonds. The molecule has 5 heteroatoms. The molecule has 0 aliphatic carbocycles. The molecule has 4 aromatic heterocycles. The maximum absolute atomic E-state index is 14.2. The van der Waals surface area contributed by atoms with Crippen LogP contribution in [0.1, 0.15) is 0 Å². The van der Waals surface area contributed by atoms with Crippen molar-refractivity contribution in [2.24, 2.45) is 0 Å². The molecule has 11 aromatic rings. The molecule has 0 bridgehead atoms. The van der Waals surface area contributed by atoms with E-state index in [4.69, 9.17) is 4.42 Å². The number of pyridine rings is 1. The molecule has 0 saturated heterocycles. The molecule has 1 N–H and O–H groups in total. The van der Waals surface area contributed by atoms with Crippen LogP contribution in [0.5, 0.6) is 0 Å². The summed E-state index contributed by atoms with van der Waals surface area (Å²) in [6.07, 6.45) is 0. The smallest absolute Gasteiger partial charge is 0.273 e. The van der Waals surface area contributed by atoms with Crippen molar-refractivity contribution in [1.82, 2.24) is 14.1 Å². The Labute approximate surface area is 284 Å². The van der Waals surface area contributed by atoms with Crippen LogP contribution in [0.3, 0.4) is 0 Å². The minimum atomic E-state index is -0.123. The zero-order chi connectivity index (χ0) is 32.9. The number of fused-ring (bicyclic) bond motifs is 11. The lowest BCUT2D eigenvalue weighted by molar-refractivity contribution is 0.670. The summed E-state index contributed by atoms with van der Waals surface area (Å²) < 4.78 is 10.9. The Morgan fingerprint density at radius 3 is 2.04 bits per heavy atom. The Kier molecular flexibility index (Phi) is 5.47. The van der Waals surface area contributed by atoms with E-state index in [1.807, 2.05) is 36.4 Å². The maximum Gasteiger partial charge on any atom is 0.273 e. The van der Waals surface area contributed by atoms with E-state index in [1.165, 1.54) is 0 Å². The highest BCUT2D eigenvalue weighted by molar-refractivity contribution is 6.21. The van der Waals surface area contributed by atoms with Gasteiger partial charge in [-0.2, -0.15) is 0 Å². The molecule has 5 nitrogen and oxygen atoms in total. The highest BCUT2D eigenvalue weighted by atomic mass is 16.3. The Hall–Kier alpha value is -6.85. The normalized spacial score (nSPS) is 12.1. The van der Waals surface area contributed by atoms with Gasteiger partial charge in [0, 0.05) is 60.2 Å². The molecule has 0 spiro atoms. The monoisotopic (exact) mass is 641 g/mol. The molecule has 0 fully saturated rings. The van der Waals surface area contributed by atoms with E-state index in [-0.39, 0.29) is 5.56 Å². The van der Waals surface area contributed by atoms with Gasteiger partial charge in [0.1, 0.15) is 16.7 Å². The molecule has 0 radical (unpaired) electrons. The van der Waals surface area contributed by atoms with E-state index in [0.717, 1.165) is 93.4 Å². The predicted molar refractivity (Wildman–Crippen MR) is 206 cm³/mol. The fraction of sp³-hybridized carbons (Fsp3) is 0. The van der Waals surface area contributed by atoms with Crippen LogP contribution in [0, 0.1) is 0 Å². The van der Waals surface area contributed by atoms with Crippen molar-refractivity contribution >= 4 is 76.5 Å². The van der Waals surface area contributed by atoms with Gasteiger partial charge in [0.05, 0.1) is 16.6 Å². The van der Waals surface area contributed by atoms with Crippen LogP contribution in [0.4, 0.5) is 0 Å². The first-order valence-electron chi connectivity index (χ1n) is 16.8. The highest BCUT2D eigenvalue weighted by Gasteiger charge is 2.21. The van der Waals surface area contributed by atoms with Gasteiger partial charge in [0.2, 0.25) is 0 Å². The lowest BCUT2D eigenvalue weighted by Gasteiger charge is -2.10. The number of benzene rings is 7. The molecular formula is C45H27N3O2. The lowest BCUT2D eigenvalue weighted by Crippen LogP contribution is -2.10. The van der Waals surface area contributed by atoms with Crippen molar-refractivity contribution in [2.45, 2.75) is 0 Å². The third-order valence-electron chi connectivity index (χ3n) is 10.3. The van der Waals surface area contributed by atoms with Crippen molar-refractivity contribution < 1.29 is 4.42 Å². The van der Waals surface area contributed by atoms with Gasteiger partial charge >= 0.3 is 0 Å². The third kappa shape index (κ3) is 3.69. The van der Waals surface area contributed by atoms with Gasteiger partial charge in [-0.05, 0) is 66.2 Å². The average Bonchev–Trinajstić information content (AvgIpc) is 3.83. The summed E-state index contributed by atoms with van der Waals surface area (Å²) in [6, 6.07) is 54.6. The molecule has 0 unspecified atom stereocenters. The zero-order valence-corrected chi connectivity index (χ0v) is 26.7. The first kappa shape index (κ1) is 27.1. The second-order valence-corrected chi connectivity index (χ2v) is 13.0. The van der Waals surface area contributed by atoms with E-state index in [2.05, 4.69) is 135 Å². The van der Waals surface area contributed by atoms with Crippen molar-refractivity contribution in [3.63, 3.8) is 0 Å². The van der Waals surface area contributed by atoms with E-state index in [0.29, 0.717) is 5.52 Å². The highest BCUT2D eigenvalue weighted by Crippen LogP contribution is 2.40. The van der Waals surface area contributed by atoms with Gasteiger partial charge in [0.15, 0.2) is 0 Å². The molecule has 11 rings (SSSR count). The lowest BCUT2D eigenvalue weighted by atomic mass is 9.99. The van der Waals surface area contributed by atoms with Crippen molar-refractivity contribution in [3.8, 4) is 22.5 Å². The van der Waals surface area contributed by atoms with Crippen LogP contribution < -0.4 is 5.56 Å². The van der Waals surface area contributed by atoms with E-state index in [1.54, 1.807) is 0 Å². The summed E-state index contributed by atoms with van der Waals surface area (Å²) in [5.74, 6) is 0. The molecule has 50 heavy (non-hydrogen) atoms. The molecule has 0 saturated carbocycles. The van der Waals surface area contributed by atoms with Crippen LogP contribution in [0.25, 0.3) is 99.0 Å². The predicted octanol–water partition coefficient (Wildman–Crippen LogP) is 11.3. The standard InChI is InChI=1S/C45H27N3O2/c49-45-43-42(36-25-27(21-23-37(36)46-45)30-16-10-17-33-32-14-6-9-20-41(32)50-44(30)33)34-15-5-8-19-39(34)48(43)29-22-24-40-35(26-29)31-13-4-7-18-38(31)47(40)28-11-2-1-3-12-28/h1-26H,(H,46,49). The van der Waals surface area contributed by atoms with Crippen LogP contribution in [0.15, 0.2) is 167 Å². The Balaban J connectivity index is 1.20. The average molecular weight is 642 g/mol. The quantitative estimate of drug-likeness (QED) is 0.209. The number of furan rings is 1. The number of hydrogen-bond acceptors (Lipinski definition) is 2. The number of H-pyrrole nitrogens is 1. The number of rotatable bonds is 3.